The molecule has 1 aliphatic heterocycles. The summed E-state index contributed by atoms with van der Waals surface area (Å²) in [4.78, 5) is 6.66. The lowest BCUT2D eigenvalue weighted by Crippen LogP contribution is -2.42. The molecule has 2 aromatic carbocycles. The fourth-order valence-corrected chi connectivity index (χ4v) is 3.80. The Bertz CT molecular complexity index is 881. The molecule has 4 rings (SSSR count). The van der Waals surface area contributed by atoms with Crippen molar-refractivity contribution in [2.24, 2.45) is 0 Å². The topological polar surface area (TPSA) is 51.4 Å². The Morgan fingerprint density at radius 3 is 2.85 bits per heavy atom. The van der Waals surface area contributed by atoms with Crippen LogP contribution >= 0.6 is 0 Å². The number of pyridine rings is 1. The van der Waals surface area contributed by atoms with Crippen LogP contribution < -0.4 is 10.5 Å². The summed E-state index contributed by atoms with van der Waals surface area (Å²) in [7, 11) is 0. The van der Waals surface area contributed by atoms with Gasteiger partial charge in [-0.05, 0) is 61.5 Å². The monoisotopic (exact) mass is 347 g/mol. The first-order chi connectivity index (χ1) is 12.7. The third kappa shape index (κ3) is 3.51. The molecule has 1 unspecified atom stereocenters. The molecule has 1 aliphatic rings. The number of anilines is 1. The van der Waals surface area contributed by atoms with E-state index in [-0.39, 0.29) is 6.10 Å². The summed E-state index contributed by atoms with van der Waals surface area (Å²) < 4.78 is 6.32. The van der Waals surface area contributed by atoms with Gasteiger partial charge in [-0.3, -0.25) is 4.90 Å². The number of benzene rings is 2. The van der Waals surface area contributed by atoms with E-state index in [9.17, 15) is 0 Å². The number of nitrogens with two attached hydrogens (primary N) is 1. The summed E-state index contributed by atoms with van der Waals surface area (Å²) in [5.41, 5.74) is 7.30. The first-order valence-corrected chi connectivity index (χ1v) is 9.30. The lowest BCUT2D eigenvalue weighted by Gasteiger charge is -2.37. The Labute approximate surface area is 154 Å². The lowest BCUT2D eigenvalue weighted by molar-refractivity contribution is 0.0659. The quantitative estimate of drug-likeness (QED) is 0.759. The van der Waals surface area contributed by atoms with Crippen molar-refractivity contribution in [1.82, 2.24) is 9.88 Å². The Morgan fingerprint density at radius 1 is 1.15 bits per heavy atom. The minimum absolute atomic E-state index is 0.214. The van der Waals surface area contributed by atoms with Gasteiger partial charge in [-0.15, -0.1) is 0 Å². The Kier molecular flexibility index (Phi) is 4.76. The van der Waals surface area contributed by atoms with Crippen molar-refractivity contribution in [3.05, 3.63) is 66.4 Å². The first kappa shape index (κ1) is 16.9. The molecular weight excluding hydrogens is 322 g/mol. The zero-order valence-corrected chi connectivity index (χ0v) is 15.1. The molecular formula is C22H25N3O. The molecule has 134 valence electrons. The maximum atomic E-state index is 6.32. The fourth-order valence-electron chi connectivity index (χ4n) is 3.80. The highest BCUT2D eigenvalue weighted by atomic mass is 16.5. The van der Waals surface area contributed by atoms with Crippen molar-refractivity contribution < 1.29 is 4.74 Å². The number of piperidine rings is 1. The number of fused-ring (bicyclic) bond motifs is 1. The number of hydrogen-bond donors (Lipinski definition) is 1. The molecule has 0 spiro atoms. The van der Waals surface area contributed by atoms with Gasteiger partial charge < -0.3 is 10.5 Å². The number of nitrogens with zero attached hydrogens (tertiary/aromatic N) is 2. The van der Waals surface area contributed by atoms with Crippen LogP contribution in [-0.4, -0.2) is 29.1 Å². The van der Waals surface area contributed by atoms with E-state index in [1.807, 2.05) is 18.2 Å². The largest absolute Gasteiger partial charge is 0.489 e. The van der Waals surface area contributed by atoms with Crippen LogP contribution in [0.2, 0.25) is 0 Å². The zero-order valence-electron chi connectivity index (χ0n) is 15.1. The van der Waals surface area contributed by atoms with E-state index in [0.717, 1.165) is 42.5 Å². The predicted octanol–water partition coefficient (Wildman–Crippen LogP) is 4.42. The molecule has 4 heteroatoms. The second-order valence-electron chi connectivity index (χ2n) is 7.04. The van der Waals surface area contributed by atoms with Crippen LogP contribution in [0.5, 0.6) is 5.75 Å². The summed E-state index contributed by atoms with van der Waals surface area (Å²) in [6.45, 7) is 4.35. The van der Waals surface area contributed by atoms with Crippen molar-refractivity contribution in [2.75, 3.05) is 18.8 Å². The fraction of sp³-hybridized carbons (Fsp3) is 0.318. The highest BCUT2D eigenvalue weighted by Gasteiger charge is 2.25. The van der Waals surface area contributed by atoms with Crippen LogP contribution in [0.1, 0.15) is 31.4 Å². The van der Waals surface area contributed by atoms with Gasteiger partial charge in [0.2, 0.25) is 0 Å². The average Bonchev–Trinajstić information content (AvgIpc) is 2.68. The van der Waals surface area contributed by atoms with Gasteiger partial charge in [0.05, 0.1) is 0 Å². The molecule has 1 aromatic heterocycles. The van der Waals surface area contributed by atoms with Crippen molar-refractivity contribution in [3.8, 4) is 5.75 Å². The smallest absolute Gasteiger partial charge is 0.131 e. The standard InChI is InChI=1S/C22H25N3O/c1-16(17-6-3-2-4-7-17)25-13-5-8-20(15-25)26-19-9-10-21-18(14-19)11-12-24-22(21)23/h2-4,6-7,9-12,14,16,20H,5,8,13,15H2,1H3,(H2,23,24)/t16?,20-/m0/s1. The predicted molar refractivity (Wildman–Crippen MR) is 106 cm³/mol. The van der Waals surface area contributed by atoms with E-state index in [4.69, 9.17) is 10.5 Å². The Balaban J connectivity index is 1.47. The highest BCUT2D eigenvalue weighted by molar-refractivity contribution is 5.91. The molecule has 4 nitrogen and oxygen atoms in total. The van der Waals surface area contributed by atoms with Crippen LogP contribution in [-0.2, 0) is 0 Å². The normalized spacial score (nSPS) is 19.3. The molecule has 1 saturated heterocycles. The van der Waals surface area contributed by atoms with Gasteiger partial charge >= 0.3 is 0 Å². The zero-order chi connectivity index (χ0) is 17.9. The molecule has 0 radical (unpaired) electrons. The van der Waals surface area contributed by atoms with E-state index < -0.39 is 0 Å². The van der Waals surface area contributed by atoms with Gasteiger partial charge in [-0.1, -0.05) is 30.3 Å². The number of aromatic nitrogens is 1. The third-order valence-corrected chi connectivity index (χ3v) is 5.31. The highest BCUT2D eigenvalue weighted by Crippen LogP contribution is 2.28. The van der Waals surface area contributed by atoms with Gasteiger partial charge in [0.15, 0.2) is 0 Å². The number of ether oxygens (including phenoxy) is 1. The van der Waals surface area contributed by atoms with Crippen LogP contribution in [0, 0.1) is 0 Å². The number of nitrogen functional groups attached to an aromatic ring is 1. The molecule has 0 aliphatic carbocycles. The molecule has 0 amide bonds. The van der Waals surface area contributed by atoms with E-state index in [1.54, 1.807) is 6.20 Å². The van der Waals surface area contributed by atoms with Crippen molar-refractivity contribution in [1.29, 1.82) is 0 Å². The minimum Gasteiger partial charge on any atom is -0.489 e. The molecule has 26 heavy (non-hydrogen) atoms. The van der Waals surface area contributed by atoms with E-state index in [1.165, 1.54) is 5.56 Å². The molecule has 3 aromatic rings. The molecule has 0 saturated carbocycles. The molecule has 1 fully saturated rings. The van der Waals surface area contributed by atoms with Gasteiger partial charge in [0.25, 0.3) is 0 Å². The molecule has 2 heterocycles. The van der Waals surface area contributed by atoms with Gasteiger partial charge in [0, 0.05) is 24.2 Å². The SMILES string of the molecule is CC(c1ccccc1)N1CCC[C@H](Oc2ccc3c(N)nccc3c2)C1. The summed E-state index contributed by atoms with van der Waals surface area (Å²) >= 11 is 0. The van der Waals surface area contributed by atoms with Crippen molar-refractivity contribution in [2.45, 2.75) is 31.9 Å². The number of hydrogen-bond acceptors (Lipinski definition) is 4. The first-order valence-electron chi connectivity index (χ1n) is 9.30. The summed E-state index contributed by atoms with van der Waals surface area (Å²) in [5.74, 6) is 1.47. The van der Waals surface area contributed by atoms with Crippen LogP contribution in [0.4, 0.5) is 5.82 Å². The van der Waals surface area contributed by atoms with E-state index in [0.29, 0.717) is 11.9 Å². The van der Waals surface area contributed by atoms with Gasteiger partial charge in [-0.25, -0.2) is 4.98 Å². The summed E-state index contributed by atoms with van der Waals surface area (Å²) in [5, 5.41) is 2.04. The Hall–Kier alpha value is -2.59. The second kappa shape index (κ2) is 7.34. The van der Waals surface area contributed by atoms with Gasteiger partial charge in [-0.2, -0.15) is 0 Å². The van der Waals surface area contributed by atoms with Crippen LogP contribution in [0.15, 0.2) is 60.8 Å². The number of rotatable bonds is 4. The summed E-state index contributed by atoms with van der Waals surface area (Å²) in [6, 6.07) is 19.1. The number of likely N-dealkylation sites (tertiary alicyclic amines) is 1. The minimum atomic E-state index is 0.214. The van der Waals surface area contributed by atoms with Gasteiger partial charge in [0.1, 0.15) is 17.7 Å². The van der Waals surface area contributed by atoms with Crippen LogP contribution in [0.3, 0.4) is 0 Å². The summed E-state index contributed by atoms with van der Waals surface area (Å²) in [6.07, 6.45) is 4.21. The van der Waals surface area contributed by atoms with E-state index >= 15 is 0 Å². The van der Waals surface area contributed by atoms with Crippen LogP contribution in [0.25, 0.3) is 10.8 Å². The van der Waals surface area contributed by atoms with E-state index in [2.05, 4.69) is 53.2 Å². The maximum absolute atomic E-state index is 6.32. The van der Waals surface area contributed by atoms with Crippen molar-refractivity contribution >= 4 is 16.6 Å². The van der Waals surface area contributed by atoms with Crippen molar-refractivity contribution in [3.63, 3.8) is 0 Å². The maximum Gasteiger partial charge on any atom is 0.131 e. The Morgan fingerprint density at radius 2 is 2.00 bits per heavy atom. The average molecular weight is 347 g/mol. The third-order valence-electron chi connectivity index (χ3n) is 5.31. The second-order valence-corrected chi connectivity index (χ2v) is 7.04. The lowest BCUT2D eigenvalue weighted by atomic mass is 10.0. The molecule has 2 N–H and O–H groups in total. The molecule has 2 atom stereocenters. The molecule has 0 bridgehead atoms.